The predicted octanol–water partition coefficient (Wildman–Crippen LogP) is 5.05. The molecule has 1 atom stereocenters. The average Bonchev–Trinajstić information content (AvgIpc) is 3.56. The maximum atomic E-state index is 13.2. The Kier molecular flexibility index (Phi) is 4.92. The molecule has 2 aliphatic rings. The third-order valence-corrected chi connectivity index (χ3v) is 5.54. The molecular formula is C22H23ClN2O2. The van der Waals surface area contributed by atoms with Crippen molar-refractivity contribution in [1.82, 2.24) is 4.90 Å². The van der Waals surface area contributed by atoms with Crippen LogP contribution in [0.3, 0.4) is 0 Å². The van der Waals surface area contributed by atoms with Gasteiger partial charge in [-0.1, -0.05) is 23.7 Å². The maximum absolute atomic E-state index is 13.2. The summed E-state index contributed by atoms with van der Waals surface area (Å²) in [5.74, 6) is 0.266. The second-order valence-corrected chi connectivity index (χ2v) is 7.95. The average molecular weight is 383 g/mol. The van der Waals surface area contributed by atoms with E-state index in [1.165, 1.54) is 0 Å². The number of hydrogen-bond donors (Lipinski definition) is 1. The van der Waals surface area contributed by atoms with E-state index >= 15 is 0 Å². The molecule has 2 aromatic rings. The van der Waals surface area contributed by atoms with E-state index in [4.69, 9.17) is 11.6 Å². The van der Waals surface area contributed by atoms with Gasteiger partial charge in [-0.15, -0.1) is 0 Å². The molecule has 0 bridgehead atoms. The molecule has 2 aliphatic carbocycles. The summed E-state index contributed by atoms with van der Waals surface area (Å²) in [6.45, 7) is 2.06. The maximum Gasteiger partial charge on any atom is 0.254 e. The van der Waals surface area contributed by atoms with E-state index in [0.717, 1.165) is 36.9 Å². The first-order chi connectivity index (χ1) is 13.0. The van der Waals surface area contributed by atoms with Crippen LogP contribution in [-0.4, -0.2) is 22.8 Å². The van der Waals surface area contributed by atoms with Crippen LogP contribution in [0.2, 0.25) is 5.02 Å². The summed E-state index contributed by atoms with van der Waals surface area (Å²) in [6, 6.07) is 15.2. The molecule has 1 unspecified atom stereocenters. The Balaban J connectivity index is 1.50. The Bertz CT molecular complexity index is 840. The lowest BCUT2D eigenvalue weighted by Gasteiger charge is -2.30. The molecular weight excluding hydrogens is 360 g/mol. The Morgan fingerprint density at radius 2 is 1.63 bits per heavy atom. The Morgan fingerprint density at radius 1 is 1.00 bits per heavy atom. The lowest BCUT2D eigenvalue weighted by molar-refractivity contribution is -0.117. The van der Waals surface area contributed by atoms with Crippen LogP contribution in [0.15, 0.2) is 48.5 Å². The first-order valence-corrected chi connectivity index (χ1v) is 9.90. The highest BCUT2D eigenvalue weighted by Gasteiger charge is 2.36. The topological polar surface area (TPSA) is 49.4 Å². The zero-order valence-corrected chi connectivity index (χ0v) is 16.1. The van der Waals surface area contributed by atoms with Gasteiger partial charge in [-0.3, -0.25) is 9.59 Å². The largest absolute Gasteiger partial charge is 0.329 e. The Morgan fingerprint density at radius 3 is 2.19 bits per heavy atom. The van der Waals surface area contributed by atoms with Crippen molar-refractivity contribution >= 4 is 29.1 Å². The lowest BCUT2D eigenvalue weighted by Crippen LogP contribution is -2.35. The van der Waals surface area contributed by atoms with Crippen LogP contribution in [0.25, 0.3) is 0 Å². The third-order valence-electron chi connectivity index (χ3n) is 5.29. The summed E-state index contributed by atoms with van der Waals surface area (Å²) in [7, 11) is 0. The van der Waals surface area contributed by atoms with Gasteiger partial charge in [0, 0.05) is 28.2 Å². The molecule has 0 saturated heterocycles. The van der Waals surface area contributed by atoms with Crippen molar-refractivity contribution in [3.8, 4) is 0 Å². The molecule has 0 aromatic heterocycles. The number of hydrogen-bond acceptors (Lipinski definition) is 2. The van der Waals surface area contributed by atoms with Crippen LogP contribution >= 0.6 is 11.6 Å². The zero-order chi connectivity index (χ0) is 19.0. The third kappa shape index (κ3) is 4.16. The van der Waals surface area contributed by atoms with E-state index in [1.807, 2.05) is 41.3 Å². The van der Waals surface area contributed by atoms with Gasteiger partial charge in [0.15, 0.2) is 0 Å². The van der Waals surface area contributed by atoms with Crippen molar-refractivity contribution in [2.45, 2.75) is 44.7 Å². The van der Waals surface area contributed by atoms with E-state index in [-0.39, 0.29) is 29.8 Å². The normalized spacial score (nSPS) is 17.3. The fourth-order valence-corrected chi connectivity index (χ4v) is 3.47. The quantitative estimate of drug-likeness (QED) is 0.759. The minimum Gasteiger partial charge on any atom is -0.329 e. The lowest BCUT2D eigenvalue weighted by atomic mass is 10.0. The predicted molar refractivity (Wildman–Crippen MR) is 107 cm³/mol. The number of benzene rings is 2. The van der Waals surface area contributed by atoms with Crippen molar-refractivity contribution in [3.05, 3.63) is 64.7 Å². The molecule has 2 saturated carbocycles. The number of nitrogens with one attached hydrogen (secondary N) is 1. The number of nitrogens with zero attached hydrogens (tertiary/aromatic N) is 1. The number of rotatable bonds is 6. The van der Waals surface area contributed by atoms with E-state index in [2.05, 4.69) is 12.2 Å². The highest BCUT2D eigenvalue weighted by atomic mass is 35.5. The first kappa shape index (κ1) is 18.1. The molecule has 2 aromatic carbocycles. The summed E-state index contributed by atoms with van der Waals surface area (Å²) in [4.78, 5) is 27.0. The fourth-order valence-electron chi connectivity index (χ4n) is 3.35. The van der Waals surface area contributed by atoms with Crippen LogP contribution in [0.4, 0.5) is 5.69 Å². The molecule has 0 aliphatic heterocycles. The SMILES string of the molecule is CC(c1ccc(Cl)cc1)N(C(=O)c1ccc(NC(=O)C2CC2)cc1)C1CC1. The standard InChI is InChI=1S/C22H23ClN2O2/c1-14(15-4-8-18(23)9-5-15)25(20-12-13-20)22(27)17-6-10-19(11-7-17)24-21(26)16-2-3-16/h4-11,14,16,20H,2-3,12-13H2,1H3,(H,24,26). The molecule has 2 amide bonds. The molecule has 2 fully saturated rings. The summed E-state index contributed by atoms with van der Waals surface area (Å²) in [5, 5.41) is 3.61. The van der Waals surface area contributed by atoms with Gasteiger partial charge >= 0.3 is 0 Å². The molecule has 0 radical (unpaired) electrons. The summed E-state index contributed by atoms with van der Waals surface area (Å²) < 4.78 is 0. The van der Waals surface area contributed by atoms with Crippen molar-refractivity contribution < 1.29 is 9.59 Å². The summed E-state index contributed by atoms with van der Waals surface area (Å²) >= 11 is 5.99. The molecule has 0 heterocycles. The van der Waals surface area contributed by atoms with Crippen LogP contribution in [-0.2, 0) is 4.79 Å². The van der Waals surface area contributed by atoms with Crippen LogP contribution < -0.4 is 5.32 Å². The van der Waals surface area contributed by atoms with Gasteiger partial charge in [-0.25, -0.2) is 0 Å². The molecule has 27 heavy (non-hydrogen) atoms. The Labute approximate surface area is 164 Å². The van der Waals surface area contributed by atoms with E-state index in [0.29, 0.717) is 10.6 Å². The monoisotopic (exact) mass is 382 g/mol. The number of amides is 2. The minimum atomic E-state index is -0.0171. The number of anilines is 1. The zero-order valence-electron chi connectivity index (χ0n) is 15.3. The van der Waals surface area contributed by atoms with Crippen molar-refractivity contribution in [1.29, 1.82) is 0 Å². The highest BCUT2D eigenvalue weighted by molar-refractivity contribution is 6.30. The van der Waals surface area contributed by atoms with Gasteiger partial charge in [0.2, 0.25) is 5.91 Å². The smallest absolute Gasteiger partial charge is 0.254 e. The van der Waals surface area contributed by atoms with Crippen LogP contribution in [0, 0.1) is 5.92 Å². The summed E-state index contributed by atoms with van der Waals surface area (Å²) in [6.07, 6.45) is 4.03. The Hall–Kier alpha value is -2.33. The number of halogens is 1. The van der Waals surface area contributed by atoms with E-state index in [1.54, 1.807) is 12.1 Å². The number of carbonyl (C=O) groups excluding carboxylic acids is 2. The molecule has 140 valence electrons. The second-order valence-electron chi connectivity index (χ2n) is 7.51. The molecule has 5 heteroatoms. The van der Waals surface area contributed by atoms with Gasteiger partial charge in [0.1, 0.15) is 0 Å². The van der Waals surface area contributed by atoms with Crippen LogP contribution in [0.5, 0.6) is 0 Å². The second kappa shape index (κ2) is 7.35. The van der Waals surface area contributed by atoms with Gasteiger partial charge in [-0.05, 0) is 74.6 Å². The van der Waals surface area contributed by atoms with E-state index < -0.39 is 0 Å². The van der Waals surface area contributed by atoms with Gasteiger partial charge in [0.25, 0.3) is 5.91 Å². The fraction of sp³-hybridized carbons (Fsp3) is 0.364. The highest BCUT2D eigenvalue weighted by Crippen LogP contribution is 2.36. The molecule has 4 rings (SSSR count). The van der Waals surface area contributed by atoms with Crippen molar-refractivity contribution in [2.24, 2.45) is 5.92 Å². The molecule has 0 spiro atoms. The van der Waals surface area contributed by atoms with Crippen molar-refractivity contribution in [3.63, 3.8) is 0 Å². The number of carbonyl (C=O) groups is 2. The van der Waals surface area contributed by atoms with E-state index in [9.17, 15) is 9.59 Å². The minimum absolute atomic E-state index is 0.0171. The van der Waals surface area contributed by atoms with Gasteiger partial charge in [0.05, 0.1) is 6.04 Å². The summed E-state index contributed by atoms with van der Waals surface area (Å²) in [5.41, 5.74) is 2.47. The van der Waals surface area contributed by atoms with Crippen molar-refractivity contribution in [2.75, 3.05) is 5.32 Å². The molecule has 1 N–H and O–H groups in total. The first-order valence-electron chi connectivity index (χ1n) is 9.52. The van der Waals surface area contributed by atoms with Crippen LogP contribution in [0.1, 0.15) is 54.6 Å². The molecule has 4 nitrogen and oxygen atoms in total. The van der Waals surface area contributed by atoms with Gasteiger partial charge in [-0.2, -0.15) is 0 Å². The van der Waals surface area contributed by atoms with Gasteiger partial charge < -0.3 is 10.2 Å².